The first kappa shape index (κ1) is 19.5. The van der Waals surface area contributed by atoms with Crippen LogP contribution in [0.1, 0.15) is 30.5 Å². The molecule has 29 heavy (non-hydrogen) atoms. The molecule has 1 aromatic carbocycles. The van der Waals surface area contributed by atoms with Gasteiger partial charge in [0.25, 0.3) is 0 Å². The van der Waals surface area contributed by atoms with Crippen LogP contribution in [-0.2, 0) is 6.54 Å². The van der Waals surface area contributed by atoms with Crippen molar-refractivity contribution < 1.29 is 4.74 Å². The van der Waals surface area contributed by atoms with E-state index in [0.717, 1.165) is 61.8 Å². The number of likely N-dealkylation sites (N-methyl/N-ethyl adjacent to an activating group) is 1. The highest BCUT2D eigenvalue weighted by Gasteiger charge is 2.21. The van der Waals surface area contributed by atoms with Gasteiger partial charge in [0.1, 0.15) is 11.6 Å². The fraction of sp³-hybridized carbons (Fsp3) is 0.455. The van der Waals surface area contributed by atoms with E-state index < -0.39 is 0 Å². The van der Waals surface area contributed by atoms with E-state index >= 15 is 0 Å². The van der Waals surface area contributed by atoms with Gasteiger partial charge in [0.15, 0.2) is 5.96 Å². The largest absolute Gasteiger partial charge is 0.493 e. The predicted molar refractivity (Wildman–Crippen MR) is 116 cm³/mol. The number of piperazine rings is 1. The van der Waals surface area contributed by atoms with Crippen LogP contribution in [0, 0.1) is 0 Å². The van der Waals surface area contributed by atoms with Gasteiger partial charge in [-0.15, -0.1) is 0 Å². The van der Waals surface area contributed by atoms with E-state index in [1.165, 1.54) is 0 Å². The number of benzene rings is 1. The Balaban J connectivity index is 1.32. The van der Waals surface area contributed by atoms with Gasteiger partial charge in [-0.25, -0.2) is 9.98 Å². The number of hydrogen-bond acceptors (Lipinski definition) is 5. The molecular weight excluding hydrogens is 364 g/mol. The van der Waals surface area contributed by atoms with Gasteiger partial charge in [0.2, 0.25) is 0 Å². The van der Waals surface area contributed by atoms with Crippen molar-refractivity contribution in [2.75, 3.05) is 44.2 Å². The molecule has 0 bridgehead atoms. The zero-order valence-corrected chi connectivity index (χ0v) is 17.1. The van der Waals surface area contributed by atoms with E-state index in [2.05, 4.69) is 50.2 Å². The van der Waals surface area contributed by atoms with Crippen molar-refractivity contribution >= 4 is 11.8 Å². The molecule has 3 N–H and O–H groups in total. The Hall–Kier alpha value is -2.80. The molecule has 154 valence electrons. The quantitative estimate of drug-likeness (QED) is 0.598. The van der Waals surface area contributed by atoms with Crippen molar-refractivity contribution in [1.29, 1.82) is 0 Å². The Morgan fingerprint density at radius 1 is 1.21 bits per heavy atom. The molecule has 0 aliphatic carbocycles. The monoisotopic (exact) mass is 394 g/mol. The maximum atomic E-state index is 6.15. The van der Waals surface area contributed by atoms with Gasteiger partial charge >= 0.3 is 0 Å². The third-order valence-electron chi connectivity index (χ3n) is 5.67. The molecule has 7 heteroatoms. The van der Waals surface area contributed by atoms with E-state index in [0.29, 0.717) is 19.1 Å². The van der Waals surface area contributed by atoms with E-state index in [-0.39, 0.29) is 6.04 Å². The Bertz CT molecular complexity index is 829. The molecule has 0 amide bonds. The Labute approximate surface area is 172 Å². The molecule has 4 rings (SSSR count). The molecule has 1 aromatic heterocycles. The number of hydrogen-bond donors (Lipinski definition) is 2. The number of rotatable bonds is 5. The van der Waals surface area contributed by atoms with E-state index in [4.69, 9.17) is 10.5 Å². The Morgan fingerprint density at radius 3 is 2.79 bits per heavy atom. The van der Waals surface area contributed by atoms with Crippen LogP contribution >= 0.6 is 0 Å². The van der Waals surface area contributed by atoms with Crippen molar-refractivity contribution in [2.45, 2.75) is 25.9 Å². The van der Waals surface area contributed by atoms with Gasteiger partial charge in [0.05, 0.1) is 19.2 Å². The molecule has 1 fully saturated rings. The number of guanidine groups is 1. The number of aliphatic imine (C=N–C) groups is 1. The summed E-state index contributed by atoms with van der Waals surface area (Å²) in [7, 11) is 0. The lowest BCUT2D eigenvalue weighted by molar-refractivity contribution is 0.262. The predicted octanol–water partition coefficient (Wildman–Crippen LogP) is 2.15. The minimum absolute atomic E-state index is 0.131. The number of nitrogens with two attached hydrogens (primary N) is 1. The first-order valence-electron chi connectivity index (χ1n) is 10.4. The van der Waals surface area contributed by atoms with Crippen molar-refractivity contribution in [1.82, 2.24) is 15.2 Å². The van der Waals surface area contributed by atoms with Crippen molar-refractivity contribution in [2.24, 2.45) is 10.7 Å². The fourth-order valence-electron chi connectivity index (χ4n) is 3.88. The number of nitrogens with one attached hydrogen (secondary N) is 1. The number of pyridine rings is 1. The summed E-state index contributed by atoms with van der Waals surface area (Å²) in [6.45, 7) is 8.78. The van der Waals surface area contributed by atoms with Crippen molar-refractivity contribution in [3.8, 4) is 5.75 Å². The van der Waals surface area contributed by atoms with Gasteiger partial charge < -0.3 is 25.6 Å². The van der Waals surface area contributed by atoms with Crippen LogP contribution in [0.2, 0.25) is 0 Å². The fourth-order valence-corrected chi connectivity index (χ4v) is 3.88. The molecule has 1 atom stereocenters. The molecule has 3 heterocycles. The van der Waals surface area contributed by atoms with Gasteiger partial charge in [-0.2, -0.15) is 0 Å². The van der Waals surface area contributed by atoms with Gasteiger partial charge in [0, 0.05) is 44.4 Å². The van der Waals surface area contributed by atoms with E-state index in [1.54, 1.807) is 0 Å². The maximum Gasteiger partial charge on any atom is 0.189 e. The summed E-state index contributed by atoms with van der Waals surface area (Å²) in [6.07, 6.45) is 2.77. The molecule has 0 spiro atoms. The van der Waals surface area contributed by atoms with Crippen LogP contribution in [0.25, 0.3) is 0 Å². The summed E-state index contributed by atoms with van der Waals surface area (Å²) < 4.78 is 5.70. The first-order valence-corrected chi connectivity index (χ1v) is 10.4. The highest BCUT2D eigenvalue weighted by Crippen LogP contribution is 2.31. The molecule has 2 aliphatic rings. The van der Waals surface area contributed by atoms with E-state index in [9.17, 15) is 0 Å². The molecule has 7 nitrogen and oxygen atoms in total. The number of nitrogens with zero attached hydrogens (tertiary/aromatic N) is 4. The smallest absolute Gasteiger partial charge is 0.189 e. The lowest BCUT2D eigenvalue weighted by Gasteiger charge is -2.34. The standard InChI is InChI=1S/C22H30N6O/c1-2-27-10-12-28(13-11-27)21-8-7-17(15-24-21)16-25-22(23)26-19-9-14-29-20-6-4-3-5-18(19)20/h3-8,15,19H,2,9-14,16H2,1H3,(H3,23,25,26). The van der Waals surface area contributed by atoms with Crippen molar-refractivity contribution in [3.05, 3.63) is 53.7 Å². The summed E-state index contributed by atoms with van der Waals surface area (Å²) in [4.78, 5) is 14.0. The van der Waals surface area contributed by atoms with Crippen LogP contribution < -0.4 is 20.7 Å². The van der Waals surface area contributed by atoms with Crippen molar-refractivity contribution in [3.63, 3.8) is 0 Å². The molecule has 1 saturated heterocycles. The van der Waals surface area contributed by atoms with Gasteiger partial charge in [-0.3, -0.25) is 0 Å². The number of para-hydroxylation sites is 1. The minimum Gasteiger partial charge on any atom is -0.493 e. The highest BCUT2D eigenvalue weighted by atomic mass is 16.5. The molecule has 1 unspecified atom stereocenters. The lowest BCUT2D eigenvalue weighted by atomic mass is 10.0. The topological polar surface area (TPSA) is 79.0 Å². The summed E-state index contributed by atoms with van der Waals surface area (Å²) >= 11 is 0. The molecule has 0 saturated carbocycles. The number of aromatic nitrogens is 1. The van der Waals surface area contributed by atoms with Crippen LogP contribution in [0.15, 0.2) is 47.6 Å². The van der Waals surface area contributed by atoms with Crippen LogP contribution in [-0.4, -0.2) is 55.2 Å². The highest BCUT2D eigenvalue weighted by molar-refractivity contribution is 5.78. The van der Waals surface area contributed by atoms with Crippen LogP contribution in [0.4, 0.5) is 5.82 Å². The maximum absolute atomic E-state index is 6.15. The zero-order valence-electron chi connectivity index (χ0n) is 17.1. The average Bonchev–Trinajstić information content (AvgIpc) is 2.78. The molecular formula is C22H30N6O. The SMILES string of the molecule is CCN1CCN(c2ccc(CN=C(N)NC3CCOc4ccccc43)cn2)CC1. The minimum atomic E-state index is 0.131. The van der Waals surface area contributed by atoms with Crippen LogP contribution in [0.3, 0.4) is 0 Å². The number of anilines is 1. The molecule has 2 aromatic rings. The van der Waals surface area contributed by atoms with Gasteiger partial charge in [-0.05, 0) is 24.2 Å². The summed E-state index contributed by atoms with van der Waals surface area (Å²) in [5.74, 6) is 2.41. The average molecular weight is 395 g/mol. The normalized spacial score (nSPS) is 20.1. The molecule has 2 aliphatic heterocycles. The third-order valence-corrected chi connectivity index (χ3v) is 5.67. The second-order valence-electron chi connectivity index (χ2n) is 7.52. The zero-order chi connectivity index (χ0) is 20.1. The Kier molecular flexibility index (Phi) is 6.14. The third kappa shape index (κ3) is 4.79. The van der Waals surface area contributed by atoms with Crippen LogP contribution in [0.5, 0.6) is 5.75 Å². The summed E-state index contributed by atoms with van der Waals surface area (Å²) in [5, 5.41) is 3.33. The summed E-state index contributed by atoms with van der Waals surface area (Å²) in [5.41, 5.74) is 8.33. The second-order valence-corrected chi connectivity index (χ2v) is 7.52. The first-order chi connectivity index (χ1) is 14.2. The summed E-state index contributed by atoms with van der Waals surface area (Å²) in [6, 6.07) is 12.4. The van der Waals surface area contributed by atoms with Gasteiger partial charge in [-0.1, -0.05) is 31.2 Å². The lowest BCUT2D eigenvalue weighted by Crippen LogP contribution is -2.46. The number of ether oxygens (including phenoxy) is 1. The molecule has 0 radical (unpaired) electrons. The second kappa shape index (κ2) is 9.13. The van der Waals surface area contributed by atoms with E-state index in [1.807, 2.05) is 24.4 Å². The Morgan fingerprint density at radius 2 is 2.03 bits per heavy atom. The number of fused-ring (bicyclic) bond motifs is 1.